The first kappa shape index (κ1) is 17.5. The van der Waals surface area contributed by atoms with Crippen LogP contribution in [0, 0.1) is 11.6 Å². The van der Waals surface area contributed by atoms with Gasteiger partial charge in [0.2, 0.25) is 0 Å². The number of ether oxygens (including phenoxy) is 1. The molecule has 0 unspecified atom stereocenters. The van der Waals surface area contributed by atoms with Crippen LogP contribution in [0.25, 0.3) is 0 Å². The molecule has 0 atom stereocenters. The van der Waals surface area contributed by atoms with Crippen LogP contribution < -0.4 is 5.32 Å². The lowest BCUT2D eigenvalue weighted by molar-refractivity contribution is -0.173. The molecular weight excluding hydrogens is 323 g/mol. The molecule has 4 nitrogen and oxygen atoms in total. The van der Waals surface area contributed by atoms with Crippen LogP contribution in [0.4, 0.5) is 26.7 Å². The maximum absolute atomic E-state index is 13.7. The summed E-state index contributed by atoms with van der Waals surface area (Å²) in [7, 11) is 0. The number of hydrogen-bond donors (Lipinski definition) is 1. The fraction of sp³-hybridized carbons (Fsp3) is 0.500. The number of rotatable bonds is 4. The second kappa shape index (κ2) is 7.12. The third-order valence-electron chi connectivity index (χ3n) is 3.37. The topological polar surface area (TPSA) is 41.6 Å². The van der Waals surface area contributed by atoms with E-state index in [0.29, 0.717) is 0 Å². The van der Waals surface area contributed by atoms with E-state index in [2.05, 4.69) is 10.1 Å². The summed E-state index contributed by atoms with van der Waals surface area (Å²) in [5.41, 5.74) is 0.377. The number of carbonyl (C=O) groups is 1. The van der Waals surface area contributed by atoms with E-state index in [0.717, 1.165) is 12.1 Å². The molecule has 1 aromatic carbocycles. The molecular formula is C14H15F5N2O2. The lowest BCUT2D eigenvalue weighted by Crippen LogP contribution is -2.44. The second-order valence-corrected chi connectivity index (χ2v) is 5.06. The number of nitrogens with one attached hydrogen (secondary N) is 1. The van der Waals surface area contributed by atoms with E-state index < -0.39 is 30.4 Å². The summed E-state index contributed by atoms with van der Waals surface area (Å²) in [6.45, 7) is -1.68. The minimum absolute atomic E-state index is 0.0891. The number of nitrogens with zero attached hydrogens (tertiary/aromatic N) is 1. The van der Waals surface area contributed by atoms with Gasteiger partial charge in [0.25, 0.3) is 0 Å². The van der Waals surface area contributed by atoms with Crippen LogP contribution in [-0.2, 0) is 17.7 Å². The number of amides is 2. The maximum atomic E-state index is 13.7. The zero-order valence-electron chi connectivity index (χ0n) is 12.1. The Morgan fingerprint density at radius 3 is 2.52 bits per heavy atom. The van der Waals surface area contributed by atoms with E-state index in [1.165, 1.54) is 4.90 Å². The largest absolute Gasteiger partial charge is 0.411 e. The van der Waals surface area contributed by atoms with Crippen molar-refractivity contribution in [3.05, 3.63) is 34.9 Å². The molecule has 0 aromatic heterocycles. The predicted octanol–water partition coefficient (Wildman–Crippen LogP) is 2.61. The molecule has 128 valence electrons. The summed E-state index contributed by atoms with van der Waals surface area (Å²) >= 11 is 0. The molecule has 0 saturated heterocycles. The van der Waals surface area contributed by atoms with Crippen molar-refractivity contribution in [3.63, 3.8) is 0 Å². The van der Waals surface area contributed by atoms with Crippen molar-refractivity contribution in [2.45, 2.75) is 19.1 Å². The molecule has 1 aliphatic rings. The molecule has 23 heavy (non-hydrogen) atoms. The Kier molecular flexibility index (Phi) is 5.40. The highest BCUT2D eigenvalue weighted by molar-refractivity contribution is 5.74. The molecule has 1 N–H and O–H groups in total. The minimum atomic E-state index is -4.41. The van der Waals surface area contributed by atoms with Gasteiger partial charge in [-0.25, -0.2) is 13.6 Å². The van der Waals surface area contributed by atoms with Gasteiger partial charge < -0.3 is 15.0 Å². The first-order valence-corrected chi connectivity index (χ1v) is 6.91. The molecule has 2 amide bonds. The molecule has 0 bridgehead atoms. The molecule has 1 aliphatic heterocycles. The van der Waals surface area contributed by atoms with Crippen molar-refractivity contribution in [1.82, 2.24) is 10.2 Å². The number of hydrogen-bond acceptors (Lipinski definition) is 2. The van der Waals surface area contributed by atoms with Crippen LogP contribution in [0.3, 0.4) is 0 Å². The monoisotopic (exact) mass is 338 g/mol. The van der Waals surface area contributed by atoms with Gasteiger partial charge in [-0.15, -0.1) is 0 Å². The molecule has 1 aromatic rings. The van der Waals surface area contributed by atoms with E-state index in [-0.39, 0.29) is 43.8 Å². The highest BCUT2D eigenvalue weighted by atomic mass is 19.4. The van der Waals surface area contributed by atoms with E-state index >= 15 is 0 Å². The summed E-state index contributed by atoms with van der Waals surface area (Å²) in [5.74, 6) is -1.10. The fourth-order valence-electron chi connectivity index (χ4n) is 2.30. The van der Waals surface area contributed by atoms with E-state index in [1.54, 1.807) is 0 Å². The van der Waals surface area contributed by atoms with Crippen LogP contribution in [0.1, 0.15) is 11.1 Å². The Morgan fingerprint density at radius 2 is 1.87 bits per heavy atom. The zero-order chi connectivity index (χ0) is 17.0. The average Bonchev–Trinajstić information content (AvgIpc) is 2.49. The van der Waals surface area contributed by atoms with Crippen molar-refractivity contribution >= 4 is 6.03 Å². The van der Waals surface area contributed by atoms with Gasteiger partial charge in [0.05, 0.1) is 13.2 Å². The van der Waals surface area contributed by atoms with Crippen LogP contribution >= 0.6 is 0 Å². The SMILES string of the molecule is O=C(NCCOCC(F)(F)F)N1CCc2c(F)ccc(F)c2C1. The van der Waals surface area contributed by atoms with Crippen molar-refractivity contribution in [2.24, 2.45) is 0 Å². The Bertz CT molecular complexity index is 577. The summed E-state index contributed by atoms with van der Waals surface area (Å²) in [4.78, 5) is 13.2. The van der Waals surface area contributed by atoms with Gasteiger partial charge in [-0.05, 0) is 24.1 Å². The van der Waals surface area contributed by atoms with Crippen LogP contribution in [0.5, 0.6) is 0 Å². The van der Waals surface area contributed by atoms with Gasteiger partial charge in [-0.3, -0.25) is 0 Å². The normalized spacial score (nSPS) is 14.6. The van der Waals surface area contributed by atoms with E-state index in [9.17, 15) is 26.7 Å². The highest BCUT2D eigenvalue weighted by Crippen LogP contribution is 2.24. The lowest BCUT2D eigenvalue weighted by Gasteiger charge is -2.29. The van der Waals surface area contributed by atoms with E-state index in [1.807, 2.05) is 0 Å². The molecule has 0 spiro atoms. The zero-order valence-corrected chi connectivity index (χ0v) is 12.1. The quantitative estimate of drug-likeness (QED) is 0.677. The summed E-state index contributed by atoms with van der Waals surface area (Å²) < 4.78 is 67.2. The van der Waals surface area contributed by atoms with Gasteiger partial charge >= 0.3 is 12.2 Å². The number of halogens is 5. The number of alkyl halides is 3. The van der Waals surface area contributed by atoms with Gasteiger partial charge in [-0.2, -0.15) is 13.2 Å². The van der Waals surface area contributed by atoms with Crippen molar-refractivity contribution < 1.29 is 31.5 Å². The third-order valence-corrected chi connectivity index (χ3v) is 3.37. The first-order chi connectivity index (χ1) is 10.8. The number of fused-ring (bicyclic) bond motifs is 1. The first-order valence-electron chi connectivity index (χ1n) is 6.91. The second-order valence-electron chi connectivity index (χ2n) is 5.06. The molecule has 1 heterocycles. The van der Waals surface area contributed by atoms with E-state index in [4.69, 9.17) is 0 Å². The molecule has 0 radical (unpaired) electrons. The summed E-state index contributed by atoms with van der Waals surface area (Å²) in [6, 6.07) is 1.48. The average molecular weight is 338 g/mol. The van der Waals surface area contributed by atoms with Crippen molar-refractivity contribution in [1.29, 1.82) is 0 Å². The number of benzene rings is 1. The van der Waals surface area contributed by atoms with Crippen LogP contribution in [-0.4, -0.2) is 43.4 Å². The van der Waals surface area contributed by atoms with Gasteiger partial charge in [-0.1, -0.05) is 0 Å². The Morgan fingerprint density at radius 1 is 1.22 bits per heavy atom. The summed E-state index contributed by atoms with van der Waals surface area (Å²) in [6.07, 6.45) is -4.24. The highest BCUT2D eigenvalue weighted by Gasteiger charge is 2.27. The van der Waals surface area contributed by atoms with Crippen molar-refractivity contribution in [2.75, 3.05) is 26.3 Å². The Balaban J connectivity index is 1.82. The molecule has 0 fully saturated rings. The van der Waals surface area contributed by atoms with Gasteiger partial charge in [0.15, 0.2) is 0 Å². The fourth-order valence-corrected chi connectivity index (χ4v) is 2.30. The minimum Gasteiger partial charge on any atom is -0.370 e. The number of urea groups is 1. The van der Waals surface area contributed by atoms with Gasteiger partial charge in [0.1, 0.15) is 18.2 Å². The molecule has 0 saturated carbocycles. The molecule has 9 heteroatoms. The Labute approximate surface area is 129 Å². The molecule has 2 rings (SSSR count). The predicted molar refractivity (Wildman–Crippen MR) is 70.7 cm³/mol. The third kappa shape index (κ3) is 4.78. The Hall–Kier alpha value is -1.90. The van der Waals surface area contributed by atoms with Crippen LogP contribution in [0.2, 0.25) is 0 Å². The number of carbonyl (C=O) groups excluding carboxylic acids is 1. The van der Waals surface area contributed by atoms with Crippen LogP contribution in [0.15, 0.2) is 12.1 Å². The lowest BCUT2D eigenvalue weighted by atomic mass is 9.99. The maximum Gasteiger partial charge on any atom is 0.411 e. The molecule has 0 aliphatic carbocycles. The van der Waals surface area contributed by atoms with Gasteiger partial charge in [0, 0.05) is 18.7 Å². The van der Waals surface area contributed by atoms with Crippen molar-refractivity contribution in [3.8, 4) is 0 Å². The smallest absolute Gasteiger partial charge is 0.370 e. The summed E-state index contributed by atoms with van der Waals surface area (Å²) in [5, 5.41) is 2.38. The standard InChI is InChI=1S/C14H15F5N2O2/c15-11-1-2-12(16)10-7-21(5-3-9(10)11)13(22)20-4-6-23-8-14(17,18)19/h1-2H,3-8H2,(H,20,22).